The van der Waals surface area contributed by atoms with Crippen molar-refractivity contribution < 1.29 is 19.4 Å². The van der Waals surface area contributed by atoms with Gasteiger partial charge < -0.3 is 20.8 Å². The summed E-state index contributed by atoms with van der Waals surface area (Å²) >= 11 is 1.97. The van der Waals surface area contributed by atoms with E-state index in [1.807, 2.05) is 22.6 Å². The Hall–Kier alpha value is -2.05. The molecule has 0 aliphatic heterocycles. The summed E-state index contributed by atoms with van der Waals surface area (Å²) in [6.07, 6.45) is -1.13. The van der Waals surface area contributed by atoms with Gasteiger partial charge in [-0.1, -0.05) is 0 Å². The zero-order valence-corrected chi connectivity index (χ0v) is 16.2. The van der Waals surface area contributed by atoms with Crippen LogP contribution in [0.1, 0.15) is 16.1 Å². The third-order valence-corrected chi connectivity index (χ3v) is 4.26. The van der Waals surface area contributed by atoms with E-state index in [2.05, 4.69) is 15.7 Å². The number of nitrogens with one attached hydrogen (secondary N) is 2. The minimum atomic E-state index is -1.13. The first kappa shape index (κ1) is 20.3. The molecule has 4 N–H and O–H groups in total. The number of anilines is 2. The molecular weight excluding hydrogens is 458 g/mol. The first-order chi connectivity index (χ1) is 12.2. The predicted octanol–water partition coefficient (Wildman–Crippen LogP) is 0.659. The number of amides is 1. The molecule has 1 aromatic heterocycles. The van der Waals surface area contributed by atoms with Gasteiger partial charge in [0.25, 0.3) is 11.5 Å². The average Bonchev–Trinajstić information content (AvgIpc) is 2.61. The average molecular weight is 476 g/mol. The maximum absolute atomic E-state index is 14.1. The fraction of sp³-hybridized carbons (Fsp3) is 0.312. The highest BCUT2D eigenvalue weighted by atomic mass is 127. The Balaban J connectivity index is 2.44. The number of halogens is 2. The van der Waals surface area contributed by atoms with Gasteiger partial charge in [0.15, 0.2) is 5.69 Å². The van der Waals surface area contributed by atoms with Crippen LogP contribution in [0.2, 0.25) is 0 Å². The van der Waals surface area contributed by atoms with Crippen LogP contribution in [0.5, 0.6) is 0 Å². The second-order valence-electron chi connectivity index (χ2n) is 5.57. The number of carbonyl (C=O) groups is 1. The highest BCUT2D eigenvalue weighted by Gasteiger charge is 2.21. The molecule has 8 nitrogen and oxygen atoms in total. The van der Waals surface area contributed by atoms with Crippen molar-refractivity contribution in [2.24, 2.45) is 7.05 Å². The zero-order valence-electron chi connectivity index (χ0n) is 14.1. The molecule has 2 aromatic rings. The predicted molar refractivity (Wildman–Crippen MR) is 102 cm³/mol. The van der Waals surface area contributed by atoms with Crippen LogP contribution in [0.3, 0.4) is 0 Å². The molecule has 0 aliphatic carbocycles. The highest BCUT2D eigenvalue weighted by molar-refractivity contribution is 14.1. The number of benzene rings is 1. The van der Waals surface area contributed by atoms with Gasteiger partial charge in [0.2, 0.25) is 0 Å². The molecule has 0 saturated carbocycles. The van der Waals surface area contributed by atoms with Crippen molar-refractivity contribution in [2.45, 2.75) is 13.0 Å². The number of hydrogen-bond acceptors (Lipinski definition) is 6. The second kappa shape index (κ2) is 8.56. The lowest BCUT2D eigenvalue weighted by molar-refractivity contribution is 0.0798. The summed E-state index contributed by atoms with van der Waals surface area (Å²) in [5.41, 5.74) is -0.219. The number of nitrogens with zero attached hydrogens (tertiary/aromatic N) is 2. The van der Waals surface area contributed by atoms with Crippen LogP contribution in [0.15, 0.2) is 23.0 Å². The Bertz CT molecular complexity index is 887. The Morgan fingerprint density at radius 2 is 2.15 bits per heavy atom. The molecular formula is C16H18FIN4O4. The van der Waals surface area contributed by atoms with E-state index in [0.29, 0.717) is 3.57 Å². The van der Waals surface area contributed by atoms with Crippen LogP contribution >= 0.6 is 22.6 Å². The highest BCUT2D eigenvalue weighted by Crippen LogP contribution is 2.25. The molecule has 10 heteroatoms. The summed E-state index contributed by atoms with van der Waals surface area (Å²) in [6, 6.07) is 4.47. The lowest BCUT2D eigenvalue weighted by Gasteiger charge is -2.16. The van der Waals surface area contributed by atoms with Crippen molar-refractivity contribution in [1.82, 2.24) is 15.1 Å². The number of rotatable bonds is 6. The molecule has 1 heterocycles. The minimum Gasteiger partial charge on any atom is -0.394 e. The summed E-state index contributed by atoms with van der Waals surface area (Å²) in [5.74, 6) is -1.22. The molecule has 0 fully saturated rings. The van der Waals surface area contributed by atoms with Crippen molar-refractivity contribution in [1.29, 1.82) is 0 Å². The maximum Gasteiger partial charge on any atom is 0.274 e. The number of aryl methyl sites for hydroxylation is 1. The van der Waals surface area contributed by atoms with Gasteiger partial charge in [-0.15, -0.1) is 0 Å². The molecule has 0 bridgehead atoms. The molecule has 140 valence electrons. The van der Waals surface area contributed by atoms with Gasteiger partial charge in [-0.3, -0.25) is 9.59 Å². The Labute approximate surface area is 162 Å². The quantitative estimate of drug-likeness (QED) is 0.456. The normalized spacial score (nSPS) is 11.9. The SMILES string of the molecule is Cc1c(Nc2ccc(I)cc2F)c(C(=O)NC[C@H](O)CO)nn(C)c1=O. The topological polar surface area (TPSA) is 116 Å². The van der Waals surface area contributed by atoms with Crippen molar-refractivity contribution in [2.75, 3.05) is 18.5 Å². The zero-order chi connectivity index (χ0) is 19.4. The first-order valence-corrected chi connectivity index (χ1v) is 8.69. The second-order valence-corrected chi connectivity index (χ2v) is 6.82. The fourth-order valence-electron chi connectivity index (χ4n) is 2.17. The molecule has 2 rings (SSSR count). The molecule has 1 atom stereocenters. The van der Waals surface area contributed by atoms with Gasteiger partial charge in [-0.2, -0.15) is 5.10 Å². The first-order valence-electron chi connectivity index (χ1n) is 7.61. The molecule has 0 spiro atoms. The number of aromatic nitrogens is 2. The van der Waals surface area contributed by atoms with Crippen molar-refractivity contribution in [3.63, 3.8) is 0 Å². The number of aliphatic hydroxyl groups excluding tert-OH is 2. The lowest BCUT2D eigenvalue weighted by Crippen LogP contribution is -2.36. The van der Waals surface area contributed by atoms with Crippen LogP contribution in [-0.4, -0.2) is 45.2 Å². The van der Waals surface area contributed by atoms with E-state index in [9.17, 15) is 19.1 Å². The van der Waals surface area contributed by atoms with Gasteiger partial charge >= 0.3 is 0 Å². The van der Waals surface area contributed by atoms with E-state index in [4.69, 9.17) is 5.11 Å². The Morgan fingerprint density at radius 3 is 2.77 bits per heavy atom. The summed E-state index contributed by atoms with van der Waals surface area (Å²) in [7, 11) is 1.39. The molecule has 0 saturated heterocycles. The number of aliphatic hydroxyl groups is 2. The van der Waals surface area contributed by atoms with Crippen LogP contribution in [-0.2, 0) is 7.05 Å². The number of carbonyl (C=O) groups excluding carboxylic acids is 1. The third-order valence-electron chi connectivity index (χ3n) is 3.59. The van der Waals surface area contributed by atoms with E-state index < -0.39 is 30.0 Å². The summed E-state index contributed by atoms with van der Waals surface area (Å²) < 4.78 is 15.8. The van der Waals surface area contributed by atoms with E-state index in [1.54, 1.807) is 6.07 Å². The van der Waals surface area contributed by atoms with Gasteiger partial charge in [0, 0.05) is 22.7 Å². The molecule has 1 amide bonds. The van der Waals surface area contributed by atoms with Crippen molar-refractivity contribution in [3.8, 4) is 0 Å². The van der Waals surface area contributed by atoms with Gasteiger partial charge in [0.05, 0.1) is 24.1 Å². The monoisotopic (exact) mass is 476 g/mol. The summed E-state index contributed by atoms with van der Waals surface area (Å²) in [5, 5.41) is 27.3. The van der Waals surface area contributed by atoms with E-state index in [-0.39, 0.29) is 29.2 Å². The van der Waals surface area contributed by atoms with E-state index in [1.165, 1.54) is 26.1 Å². The van der Waals surface area contributed by atoms with Gasteiger partial charge in [-0.05, 0) is 47.7 Å². The summed E-state index contributed by atoms with van der Waals surface area (Å²) in [6.45, 7) is 0.783. The van der Waals surface area contributed by atoms with Crippen molar-refractivity contribution >= 4 is 39.9 Å². The Morgan fingerprint density at radius 1 is 1.46 bits per heavy atom. The van der Waals surface area contributed by atoms with Crippen LogP contribution in [0.25, 0.3) is 0 Å². The van der Waals surface area contributed by atoms with Crippen LogP contribution in [0, 0.1) is 16.3 Å². The standard InChI is InChI=1S/C16H18FIN4O4/c1-8-13(20-12-4-3-9(18)5-11(12)17)14(21-22(2)16(8)26)15(25)19-6-10(24)7-23/h3-5,10,20,23-24H,6-7H2,1-2H3,(H,19,25)/t10-/m0/s1. The summed E-state index contributed by atoms with van der Waals surface area (Å²) in [4.78, 5) is 24.6. The van der Waals surface area contributed by atoms with Crippen LogP contribution < -0.4 is 16.2 Å². The largest absolute Gasteiger partial charge is 0.394 e. The molecule has 1 aromatic carbocycles. The van der Waals surface area contributed by atoms with Gasteiger partial charge in [0.1, 0.15) is 5.82 Å². The Kier molecular flexibility index (Phi) is 6.67. The lowest BCUT2D eigenvalue weighted by atomic mass is 10.2. The maximum atomic E-state index is 14.1. The minimum absolute atomic E-state index is 0.0733. The third kappa shape index (κ3) is 4.56. The van der Waals surface area contributed by atoms with E-state index >= 15 is 0 Å². The molecule has 0 radical (unpaired) electrons. The van der Waals surface area contributed by atoms with Crippen molar-refractivity contribution in [3.05, 3.63) is 49.2 Å². The van der Waals surface area contributed by atoms with Crippen LogP contribution in [0.4, 0.5) is 15.8 Å². The number of hydrogen-bond donors (Lipinski definition) is 4. The van der Waals surface area contributed by atoms with E-state index in [0.717, 1.165) is 4.68 Å². The van der Waals surface area contributed by atoms with Gasteiger partial charge in [-0.25, -0.2) is 9.07 Å². The fourth-order valence-corrected chi connectivity index (χ4v) is 2.62. The smallest absolute Gasteiger partial charge is 0.274 e. The molecule has 0 unspecified atom stereocenters. The molecule has 0 aliphatic rings. The molecule has 26 heavy (non-hydrogen) atoms.